The fourth-order valence-corrected chi connectivity index (χ4v) is 3.78. The lowest BCUT2D eigenvalue weighted by Crippen LogP contribution is -2.30. The SMILES string of the molecule is O=C(Cn1nc(-c2cccs2)n(C2CC2)c1=O)Nc1ccc2c(c1)OCO2. The van der Waals surface area contributed by atoms with Gasteiger partial charge in [0, 0.05) is 17.8 Å². The number of fused-ring (bicyclic) bond motifs is 1. The molecule has 9 heteroatoms. The predicted octanol–water partition coefficient (Wildman–Crippen LogP) is 2.48. The van der Waals surface area contributed by atoms with Crippen molar-refractivity contribution < 1.29 is 14.3 Å². The van der Waals surface area contributed by atoms with Gasteiger partial charge in [-0.15, -0.1) is 16.4 Å². The molecule has 1 aliphatic carbocycles. The van der Waals surface area contributed by atoms with Crippen molar-refractivity contribution in [2.24, 2.45) is 0 Å². The molecule has 0 radical (unpaired) electrons. The first kappa shape index (κ1) is 16.1. The Morgan fingerprint density at radius 1 is 1.26 bits per heavy atom. The van der Waals surface area contributed by atoms with Crippen LogP contribution in [0.4, 0.5) is 5.69 Å². The molecule has 27 heavy (non-hydrogen) atoms. The third kappa shape index (κ3) is 2.99. The highest BCUT2D eigenvalue weighted by Gasteiger charge is 2.31. The Kier molecular flexibility index (Phi) is 3.75. The molecule has 2 aliphatic rings. The van der Waals surface area contributed by atoms with Crippen LogP contribution in [0.5, 0.6) is 11.5 Å². The number of carbonyl (C=O) groups is 1. The first-order valence-corrected chi connectivity index (χ1v) is 9.50. The number of thiophene rings is 1. The van der Waals surface area contributed by atoms with Crippen molar-refractivity contribution >= 4 is 22.9 Å². The van der Waals surface area contributed by atoms with Gasteiger partial charge in [0.25, 0.3) is 0 Å². The molecule has 1 aromatic carbocycles. The van der Waals surface area contributed by atoms with Crippen LogP contribution in [0.1, 0.15) is 18.9 Å². The number of amides is 1. The number of aromatic nitrogens is 3. The first-order chi connectivity index (χ1) is 13.2. The molecule has 1 N–H and O–H groups in total. The normalized spacial score (nSPS) is 15.1. The number of ether oxygens (including phenoxy) is 2. The van der Waals surface area contributed by atoms with E-state index >= 15 is 0 Å². The third-order valence-electron chi connectivity index (χ3n) is 4.47. The molecule has 3 aromatic rings. The Morgan fingerprint density at radius 2 is 2.11 bits per heavy atom. The zero-order valence-electron chi connectivity index (χ0n) is 14.3. The highest BCUT2D eigenvalue weighted by molar-refractivity contribution is 7.13. The third-order valence-corrected chi connectivity index (χ3v) is 5.34. The fraction of sp³-hybridized carbons (Fsp3) is 0.278. The van der Waals surface area contributed by atoms with E-state index in [1.54, 1.807) is 22.8 Å². The van der Waals surface area contributed by atoms with Gasteiger partial charge in [-0.25, -0.2) is 9.48 Å². The lowest BCUT2D eigenvalue weighted by Gasteiger charge is -2.05. The molecule has 0 spiro atoms. The number of anilines is 1. The minimum absolute atomic E-state index is 0.147. The molecule has 138 valence electrons. The molecule has 1 amide bonds. The van der Waals surface area contributed by atoms with Gasteiger partial charge in [-0.2, -0.15) is 0 Å². The first-order valence-electron chi connectivity index (χ1n) is 8.62. The van der Waals surface area contributed by atoms with Crippen molar-refractivity contribution in [2.45, 2.75) is 25.4 Å². The van der Waals surface area contributed by atoms with E-state index in [0.717, 1.165) is 17.7 Å². The largest absolute Gasteiger partial charge is 0.454 e. The molecule has 8 nitrogen and oxygen atoms in total. The molecular formula is C18H16N4O4S. The Bertz CT molecular complexity index is 1070. The minimum atomic E-state index is -0.325. The van der Waals surface area contributed by atoms with E-state index in [1.807, 2.05) is 17.5 Å². The maximum absolute atomic E-state index is 12.8. The number of rotatable bonds is 5. The lowest BCUT2D eigenvalue weighted by molar-refractivity contribution is -0.117. The van der Waals surface area contributed by atoms with E-state index in [-0.39, 0.29) is 31.0 Å². The minimum Gasteiger partial charge on any atom is -0.454 e. The van der Waals surface area contributed by atoms with Crippen LogP contribution in [0, 0.1) is 0 Å². The van der Waals surface area contributed by atoms with Gasteiger partial charge in [0.05, 0.1) is 4.88 Å². The number of nitrogens with one attached hydrogen (secondary N) is 1. The molecule has 0 saturated heterocycles. The second-order valence-electron chi connectivity index (χ2n) is 6.46. The Morgan fingerprint density at radius 3 is 2.89 bits per heavy atom. The van der Waals surface area contributed by atoms with E-state index in [9.17, 15) is 9.59 Å². The Labute approximate surface area is 158 Å². The summed E-state index contributed by atoms with van der Waals surface area (Å²) in [5.74, 6) is 1.54. The Hall–Kier alpha value is -3.07. The summed E-state index contributed by atoms with van der Waals surface area (Å²) in [5.41, 5.74) is 0.333. The molecule has 0 bridgehead atoms. The molecule has 3 heterocycles. The van der Waals surface area contributed by atoms with E-state index in [4.69, 9.17) is 9.47 Å². The van der Waals surface area contributed by atoms with Crippen LogP contribution in [0.15, 0.2) is 40.5 Å². The summed E-state index contributed by atoms with van der Waals surface area (Å²) in [7, 11) is 0. The van der Waals surface area contributed by atoms with Crippen molar-refractivity contribution in [3.63, 3.8) is 0 Å². The maximum atomic E-state index is 12.8. The summed E-state index contributed by atoms with van der Waals surface area (Å²) in [6, 6.07) is 9.20. The van der Waals surface area contributed by atoms with Crippen molar-refractivity contribution in [1.82, 2.24) is 14.3 Å². The van der Waals surface area contributed by atoms with E-state index in [1.165, 1.54) is 16.0 Å². The zero-order valence-corrected chi connectivity index (χ0v) is 15.1. The Balaban J connectivity index is 1.38. The highest BCUT2D eigenvalue weighted by Crippen LogP contribution is 2.37. The van der Waals surface area contributed by atoms with Crippen LogP contribution in [0.2, 0.25) is 0 Å². The molecule has 5 rings (SSSR count). The van der Waals surface area contributed by atoms with Crippen molar-refractivity contribution in [2.75, 3.05) is 12.1 Å². The van der Waals surface area contributed by atoms with Crippen LogP contribution in [0.25, 0.3) is 10.7 Å². The van der Waals surface area contributed by atoms with Crippen LogP contribution in [0.3, 0.4) is 0 Å². The summed E-state index contributed by atoms with van der Waals surface area (Å²) >= 11 is 1.53. The van der Waals surface area contributed by atoms with Crippen LogP contribution < -0.4 is 20.5 Å². The van der Waals surface area contributed by atoms with E-state index in [0.29, 0.717) is 23.0 Å². The topological polar surface area (TPSA) is 87.4 Å². The molecule has 1 fully saturated rings. The molecule has 1 aliphatic heterocycles. The standard InChI is InChI=1S/C18H16N4O4S/c23-16(19-11-3-6-13-14(8-11)26-10-25-13)9-21-18(24)22(12-4-5-12)17(20-21)15-2-1-7-27-15/h1-3,6-8,12H,4-5,9-10H2,(H,19,23). The summed E-state index contributed by atoms with van der Waals surface area (Å²) in [6.07, 6.45) is 1.93. The smallest absolute Gasteiger partial charge is 0.346 e. The van der Waals surface area contributed by atoms with Gasteiger partial charge in [0.15, 0.2) is 17.3 Å². The highest BCUT2D eigenvalue weighted by atomic mass is 32.1. The van der Waals surface area contributed by atoms with Crippen molar-refractivity contribution in [1.29, 1.82) is 0 Å². The van der Waals surface area contributed by atoms with Gasteiger partial charge < -0.3 is 14.8 Å². The predicted molar refractivity (Wildman–Crippen MR) is 99.3 cm³/mol. The number of hydrogen-bond donors (Lipinski definition) is 1. The summed E-state index contributed by atoms with van der Waals surface area (Å²) in [6.45, 7) is 0.0254. The van der Waals surface area contributed by atoms with E-state index < -0.39 is 0 Å². The van der Waals surface area contributed by atoms with Crippen LogP contribution >= 0.6 is 11.3 Å². The lowest BCUT2D eigenvalue weighted by atomic mass is 10.3. The average Bonchev–Trinajstić information content (AvgIpc) is 3.07. The van der Waals surface area contributed by atoms with Gasteiger partial charge in [-0.1, -0.05) is 6.07 Å². The molecular weight excluding hydrogens is 368 g/mol. The summed E-state index contributed by atoms with van der Waals surface area (Å²) < 4.78 is 13.5. The van der Waals surface area contributed by atoms with E-state index in [2.05, 4.69) is 10.4 Å². The molecule has 2 aromatic heterocycles. The number of carbonyl (C=O) groups excluding carboxylic acids is 1. The quantitative estimate of drug-likeness (QED) is 0.730. The van der Waals surface area contributed by atoms with Crippen molar-refractivity contribution in [3.8, 4) is 22.2 Å². The second-order valence-corrected chi connectivity index (χ2v) is 7.41. The van der Waals surface area contributed by atoms with Crippen molar-refractivity contribution in [3.05, 3.63) is 46.2 Å². The molecule has 0 unspecified atom stereocenters. The maximum Gasteiger partial charge on any atom is 0.346 e. The summed E-state index contributed by atoms with van der Waals surface area (Å²) in [5, 5.41) is 9.15. The van der Waals surface area contributed by atoms with Gasteiger partial charge in [-0.3, -0.25) is 9.36 Å². The number of nitrogens with zero attached hydrogens (tertiary/aromatic N) is 3. The fourth-order valence-electron chi connectivity index (χ4n) is 3.07. The van der Waals surface area contributed by atoms with Crippen LogP contribution in [-0.4, -0.2) is 27.0 Å². The monoisotopic (exact) mass is 384 g/mol. The number of benzene rings is 1. The van der Waals surface area contributed by atoms with Gasteiger partial charge in [0.1, 0.15) is 6.54 Å². The van der Waals surface area contributed by atoms with Gasteiger partial charge >= 0.3 is 5.69 Å². The summed E-state index contributed by atoms with van der Waals surface area (Å²) in [4.78, 5) is 26.1. The molecule has 0 atom stereocenters. The van der Waals surface area contributed by atoms with Gasteiger partial charge in [-0.05, 0) is 36.4 Å². The average molecular weight is 384 g/mol. The second kappa shape index (κ2) is 6.27. The van der Waals surface area contributed by atoms with Gasteiger partial charge in [0.2, 0.25) is 12.7 Å². The van der Waals surface area contributed by atoms with Crippen LogP contribution in [-0.2, 0) is 11.3 Å². The number of hydrogen-bond acceptors (Lipinski definition) is 6. The molecule has 1 saturated carbocycles. The zero-order chi connectivity index (χ0) is 18.4.